The summed E-state index contributed by atoms with van der Waals surface area (Å²) in [6.07, 6.45) is 6.43. The average molecular weight is 476 g/mol. The summed E-state index contributed by atoms with van der Waals surface area (Å²) in [5.41, 5.74) is 1.73. The number of unbranched alkanes of at least 4 members (excludes halogenated alkanes) is 1. The van der Waals surface area contributed by atoms with Crippen molar-refractivity contribution in [3.63, 3.8) is 0 Å². The Morgan fingerprint density at radius 2 is 2.08 bits per heavy atom. The summed E-state index contributed by atoms with van der Waals surface area (Å²) in [5.74, 6) is 0.641. The molecule has 1 aromatic rings. The van der Waals surface area contributed by atoms with Gasteiger partial charge in [-0.3, -0.25) is 4.99 Å². The quantitative estimate of drug-likeness (QED) is 0.270. The highest BCUT2D eigenvalue weighted by Crippen LogP contribution is 2.16. The highest BCUT2D eigenvalue weighted by atomic mass is 127. The summed E-state index contributed by atoms with van der Waals surface area (Å²) in [6.45, 7) is 8.16. The zero-order valence-corrected chi connectivity index (χ0v) is 18.7. The van der Waals surface area contributed by atoms with Gasteiger partial charge in [-0.1, -0.05) is 18.6 Å². The average Bonchev–Trinajstić information content (AvgIpc) is 2.61. The normalized spacial score (nSPS) is 18.3. The number of benzene rings is 1. The largest absolute Gasteiger partial charge is 0.356 e. The molecule has 0 saturated carbocycles. The van der Waals surface area contributed by atoms with Crippen molar-refractivity contribution < 1.29 is 4.39 Å². The van der Waals surface area contributed by atoms with Crippen LogP contribution in [-0.2, 0) is 6.54 Å². The van der Waals surface area contributed by atoms with Gasteiger partial charge in [0.25, 0.3) is 0 Å². The molecule has 1 aliphatic rings. The van der Waals surface area contributed by atoms with Crippen LogP contribution in [0.4, 0.5) is 4.39 Å². The molecule has 0 radical (unpaired) electrons. The maximum atomic E-state index is 13.3. The summed E-state index contributed by atoms with van der Waals surface area (Å²) < 4.78 is 13.3. The van der Waals surface area contributed by atoms with Gasteiger partial charge >= 0.3 is 0 Å². The number of nitrogens with one attached hydrogen (secondary N) is 2. The molecule has 148 valence electrons. The molecule has 1 unspecified atom stereocenters. The molecule has 0 aliphatic carbocycles. The predicted molar refractivity (Wildman–Crippen MR) is 119 cm³/mol. The van der Waals surface area contributed by atoms with Crippen LogP contribution in [-0.4, -0.2) is 43.6 Å². The molecule has 2 rings (SSSR count). The molecule has 1 atom stereocenters. The lowest BCUT2D eigenvalue weighted by Crippen LogP contribution is -2.39. The van der Waals surface area contributed by atoms with Crippen LogP contribution in [0.2, 0.25) is 0 Å². The zero-order valence-electron chi connectivity index (χ0n) is 16.4. The fourth-order valence-electron chi connectivity index (χ4n) is 3.36. The number of hydrogen-bond donors (Lipinski definition) is 2. The number of piperidine rings is 1. The lowest BCUT2D eigenvalue weighted by Gasteiger charge is -2.33. The highest BCUT2D eigenvalue weighted by molar-refractivity contribution is 14.0. The van der Waals surface area contributed by atoms with Crippen LogP contribution in [0.3, 0.4) is 0 Å². The number of nitrogens with zero attached hydrogens (tertiary/aromatic N) is 2. The Morgan fingerprint density at radius 3 is 2.77 bits per heavy atom. The van der Waals surface area contributed by atoms with Crippen molar-refractivity contribution in [1.82, 2.24) is 15.5 Å². The first kappa shape index (κ1) is 23.1. The van der Waals surface area contributed by atoms with Gasteiger partial charge in [-0.15, -0.1) is 24.0 Å². The molecule has 2 N–H and O–H groups in total. The van der Waals surface area contributed by atoms with Gasteiger partial charge in [-0.2, -0.15) is 0 Å². The van der Waals surface area contributed by atoms with Crippen LogP contribution in [0.1, 0.15) is 50.2 Å². The minimum atomic E-state index is -0.158. The standard InChI is InChI=1S/C20H33FN4.HI/c1-16-14-18(9-10-19(16)21)15-24-20(22-3)23-11-5-7-13-25-12-6-4-8-17(25)2;/h9-10,14,17H,4-8,11-13,15H2,1-3H3,(H2,22,23,24);1H. The predicted octanol–water partition coefficient (Wildman–Crippen LogP) is 4.07. The third kappa shape index (κ3) is 7.78. The Morgan fingerprint density at radius 1 is 1.27 bits per heavy atom. The molecule has 0 spiro atoms. The smallest absolute Gasteiger partial charge is 0.191 e. The van der Waals surface area contributed by atoms with E-state index in [1.807, 2.05) is 12.1 Å². The second-order valence-electron chi connectivity index (χ2n) is 7.02. The lowest BCUT2D eigenvalue weighted by molar-refractivity contribution is 0.158. The van der Waals surface area contributed by atoms with Crippen molar-refractivity contribution in [3.8, 4) is 0 Å². The van der Waals surface area contributed by atoms with Crippen LogP contribution >= 0.6 is 24.0 Å². The van der Waals surface area contributed by atoms with E-state index >= 15 is 0 Å². The SMILES string of the molecule is CN=C(NCCCCN1CCCCC1C)NCc1ccc(F)c(C)c1.I. The van der Waals surface area contributed by atoms with Gasteiger partial charge in [0.2, 0.25) is 0 Å². The first-order valence-electron chi connectivity index (χ1n) is 9.53. The van der Waals surface area contributed by atoms with Crippen LogP contribution in [0.25, 0.3) is 0 Å². The Kier molecular flexibility index (Phi) is 11.1. The fourth-order valence-corrected chi connectivity index (χ4v) is 3.36. The van der Waals surface area contributed by atoms with Gasteiger partial charge in [0.1, 0.15) is 5.82 Å². The number of guanidine groups is 1. The van der Waals surface area contributed by atoms with Crippen LogP contribution < -0.4 is 10.6 Å². The second-order valence-corrected chi connectivity index (χ2v) is 7.02. The number of halogens is 2. The number of aliphatic imine (C=N–C) groups is 1. The van der Waals surface area contributed by atoms with E-state index in [1.165, 1.54) is 44.8 Å². The number of hydrogen-bond acceptors (Lipinski definition) is 2. The Balaban J connectivity index is 0.00000338. The van der Waals surface area contributed by atoms with E-state index in [0.29, 0.717) is 12.1 Å². The van der Waals surface area contributed by atoms with Crippen molar-refractivity contribution in [2.45, 2.75) is 58.5 Å². The molecule has 0 amide bonds. The monoisotopic (exact) mass is 476 g/mol. The summed E-state index contributed by atoms with van der Waals surface area (Å²) >= 11 is 0. The summed E-state index contributed by atoms with van der Waals surface area (Å²) in [4.78, 5) is 6.87. The first-order chi connectivity index (χ1) is 12.1. The van der Waals surface area contributed by atoms with Crippen molar-refractivity contribution >= 4 is 29.9 Å². The molecular formula is C20H34FIN4. The molecule has 1 saturated heterocycles. The topological polar surface area (TPSA) is 39.7 Å². The fraction of sp³-hybridized carbons (Fsp3) is 0.650. The van der Waals surface area contributed by atoms with Crippen molar-refractivity contribution in [2.75, 3.05) is 26.7 Å². The van der Waals surface area contributed by atoms with Crippen LogP contribution in [0, 0.1) is 12.7 Å². The lowest BCUT2D eigenvalue weighted by atomic mass is 10.0. The molecule has 6 heteroatoms. The Labute approximate surface area is 175 Å². The maximum Gasteiger partial charge on any atom is 0.191 e. The van der Waals surface area contributed by atoms with Gasteiger partial charge in [0.05, 0.1) is 0 Å². The van der Waals surface area contributed by atoms with Crippen LogP contribution in [0.15, 0.2) is 23.2 Å². The Hall–Kier alpha value is -0.890. The molecule has 1 aromatic carbocycles. The number of rotatable bonds is 7. The molecule has 1 heterocycles. The second kappa shape index (κ2) is 12.5. The molecular weight excluding hydrogens is 442 g/mol. The van der Waals surface area contributed by atoms with Crippen LogP contribution in [0.5, 0.6) is 0 Å². The van der Waals surface area contributed by atoms with Gasteiger partial charge in [-0.25, -0.2) is 4.39 Å². The maximum absolute atomic E-state index is 13.3. The van der Waals surface area contributed by atoms with Gasteiger partial charge < -0.3 is 15.5 Å². The van der Waals surface area contributed by atoms with E-state index in [-0.39, 0.29) is 29.8 Å². The molecule has 0 aromatic heterocycles. The van der Waals surface area contributed by atoms with Gasteiger partial charge in [-0.05, 0) is 69.8 Å². The first-order valence-corrected chi connectivity index (χ1v) is 9.53. The number of likely N-dealkylation sites (tertiary alicyclic amines) is 1. The van der Waals surface area contributed by atoms with Crippen molar-refractivity contribution in [2.24, 2.45) is 4.99 Å². The Bertz CT molecular complexity index is 565. The third-order valence-corrected chi connectivity index (χ3v) is 5.01. The van der Waals surface area contributed by atoms with E-state index in [0.717, 1.165) is 30.5 Å². The van der Waals surface area contributed by atoms with E-state index in [1.54, 1.807) is 14.0 Å². The van der Waals surface area contributed by atoms with E-state index in [2.05, 4.69) is 27.4 Å². The van der Waals surface area contributed by atoms with Gasteiger partial charge in [0, 0.05) is 26.2 Å². The van der Waals surface area contributed by atoms with E-state index in [9.17, 15) is 4.39 Å². The molecule has 26 heavy (non-hydrogen) atoms. The zero-order chi connectivity index (χ0) is 18.1. The number of aryl methyl sites for hydroxylation is 1. The highest BCUT2D eigenvalue weighted by Gasteiger charge is 2.16. The molecule has 1 aliphatic heterocycles. The van der Waals surface area contributed by atoms with Crippen molar-refractivity contribution in [1.29, 1.82) is 0 Å². The molecule has 0 bridgehead atoms. The summed E-state index contributed by atoms with van der Waals surface area (Å²) in [6, 6.07) is 5.94. The summed E-state index contributed by atoms with van der Waals surface area (Å²) in [7, 11) is 1.78. The molecule has 4 nitrogen and oxygen atoms in total. The minimum absolute atomic E-state index is 0. The molecule has 1 fully saturated rings. The van der Waals surface area contributed by atoms with Gasteiger partial charge in [0.15, 0.2) is 5.96 Å². The summed E-state index contributed by atoms with van der Waals surface area (Å²) in [5, 5.41) is 6.65. The van der Waals surface area contributed by atoms with E-state index in [4.69, 9.17) is 0 Å². The third-order valence-electron chi connectivity index (χ3n) is 5.01. The van der Waals surface area contributed by atoms with Crippen molar-refractivity contribution in [3.05, 3.63) is 35.1 Å². The minimum Gasteiger partial charge on any atom is -0.356 e. The van der Waals surface area contributed by atoms with E-state index < -0.39 is 0 Å².